The van der Waals surface area contributed by atoms with E-state index in [0.717, 1.165) is 0 Å². The fourth-order valence-electron chi connectivity index (χ4n) is 6.10. The van der Waals surface area contributed by atoms with Crippen LogP contribution in [0.1, 0.15) is 27.9 Å². The molecule has 3 aliphatic carbocycles. The van der Waals surface area contributed by atoms with Gasteiger partial charge in [0.15, 0.2) is 17.2 Å². The fraction of sp³-hybridized carbons (Fsp3) is 0.462. The number of hydrogen-bond donors (Lipinski definition) is 5. The molecule has 11 nitrogen and oxygen atoms in total. The zero-order valence-corrected chi connectivity index (χ0v) is 21.1. The van der Waals surface area contributed by atoms with Crippen LogP contribution in [0.2, 0.25) is 0 Å². The number of likely N-dealkylation sites (N-methyl/N-ethyl adjacent to an activating group) is 2. The van der Waals surface area contributed by atoms with Crippen molar-refractivity contribution in [3.8, 4) is 5.75 Å². The number of benzene rings is 1. The Morgan fingerprint density at radius 1 is 1.11 bits per heavy atom. The number of phenolic OH excluding ortho intramolecular Hbond substituents is 1. The van der Waals surface area contributed by atoms with Gasteiger partial charge in [0.25, 0.3) is 5.91 Å². The van der Waals surface area contributed by atoms with Crippen molar-refractivity contribution in [2.75, 3.05) is 34.7 Å². The summed E-state index contributed by atoms with van der Waals surface area (Å²) in [5.41, 5.74) is 2.50. The normalized spacial score (nSPS) is 27.4. The lowest BCUT2D eigenvalue weighted by molar-refractivity contribution is -0.148. The molecule has 0 bridgehead atoms. The third-order valence-corrected chi connectivity index (χ3v) is 7.58. The van der Waals surface area contributed by atoms with E-state index in [0.29, 0.717) is 11.1 Å². The molecule has 0 unspecified atom stereocenters. The van der Waals surface area contributed by atoms with E-state index < -0.39 is 58.0 Å². The van der Waals surface area contributed by atoms with Crippen LogP contribution in [-0.2, 0) is 27.2 Å². The Bertz CT molecular complexity index is 1290. The second-order valence-corrected chi connectivity index (χ2v) is 10.5. The van der Waals surface area contributed by atoms with Gasteiger partial charge in [-0.05, 0) is 64.1 Å². The predicted molar refractivity (Wildman–Crippen MR) is 131 cm³/mol. The predicted octanol–water partition coefficient (Wildman–Crippen LogP) is -0.206. The van der Waals surface area contributed by atoms with E-state index >= 15 is 0 Å². The highest BCUT2D eigenvalue weighted by Gasteiger charge is 2.63. The van der Waals surface area contributed by atoms with Gasteiger partial charge in [0.05, 0.1) is 18.2 Å². The van der Waals surface area contributed by atoms with Crippen LogP contribution in [0.15, 0.2) is 34.8 Å². The maximum Gasteiger partial charge on any atom is 0.255 e. The minimum absolute atomic E-state index is 0.00744. The molecule has 37 heavy (non-hydrogen) atoms. The quantitative estimate of drug-likeness (QED) is 0.319. The molecule has 3 aliphatic rings. The van der Waals surface area contributed by atoms with Crippen LogP contribution in [0.4, 0.5) is 0 Å². The van der Waals surface area contributed by atoms with Crippen LogP contribution >= 0.6 is 0 Å². The zero-order valence-electron chi connectivity index (χ0n) is 21.1. The molecule has 198 valence electrons. The van der Waals surface area contributed by atoms with Crippen molar-refractivity contribution in [1.29, 1.82) is 0 Å². The number of hydrogen-bond acceptors (Lipinski definition) is 10. The number of nitrogens with two attached hydrogens (primary N) is 1. The lowest BCUT2D eigenvalue weighted by Gasteiger charge is -2.50. The van der Waals surface area contributed by atoms with Gasteiger partial charge in [0.2, 0.25) is 5.78 Å². The Morgan fingerprint density at radius 3 is 2.32 bits per heavy atom. The van der Waals surface area contributed by atoms with Gasteiger partial charge in [-0.2, -0.15) is 0 Å². The first kappa shape index (κ1) is 26.5. The number of Topliss-reactive ketones (excluding diaryl/α,β-unsaturated/α-hetero) is 3. The molecular weight excluding hydrogens is 482 g/mol. The number of carbonyl (C=O) groups is 4. The van der Waals surface area contributed by atoms with E-state index in [1.165, 1.54) is 11.0 Å². The number of amides is 1. The molecule has 0 saturated heterocycles. The molecule has 6 N–H and O–H groups in total. The highest BCUT2D eigenvalue weighted by Crippen LogP contribution is 2.52. The van der Waals surface area contributed by atoms with Gasteiger partial charge < -0.3 is 31.1 Å². The van der Waals surface area contributed by atoms with Gasteiger partial charge in [-0.3, -0.25) is 24.1 Å². The van der Waals surface area contributed by atoms with E-state index in [4.69, 9.17) is 5.73 Å². The molecule has 0 aromatic heterocycles. The van der Waals surface area contributed by atoms with Crippen molar-refractivity contribution < 1.29 is 39.6 Å². The molecule has 1 aromatic rings. The van der Waals surface area contributed by atoms with Gasteiger partial charge in [0.1, 0.15) is 22.8 Å². The molecule has 11 heteroatoms. The smallest absolute Gasteiger partial charge is 0.255 e. The van der Waals surface area contributed by atoms with Gasteiger partial charge >= 0.3 is 0 Å². The number of allylic oxidation sites excluding steroid dienone is 1. The van der Waals surface area contributed by atoms with E-state index in [-0.39, 0.29) is 48.5 Å². The summed E-state index contributed by atoms with van der Waals surface area (Å²) in [4.78, 5) is 54.7. The van der Waals surface area contributed by atoms with E-state index in [1.54, 1.807) is 39.2 Å². The van der Waals surface area contributed by atoms with Crippen LogP contribution in [0.25, 0.3) is 0 Å². The van der Waals surface area contributed by atoms with Crippen LogP contribution in [0.3, 0.4) is 0 Å². The van der Waals surface area contributed by atoms with Crippen molar-refractivity contribution >= 4 is 23.3 Å². The molecule has 4 rings (SSSR count). The fourth-order valence-corrected chi connectivity index (χ4v) is 6.10. The average molecular weight is 514 g/mol. The Balaban J connectivity index is 1.88. The summed E-state index contributed by atoms with van der Waals surface area (Å²) >= 11 is 0. The van der Waals surface area contributed by atoms with Gasteiger partial charge in [0, 0.05) is 17.9 Å². The van der Waals surface area contributed by atoms with Crippen molar-refractivity contribution in [3.05, 3.63) is 51.5 Å². The van der Waals surface area contributed by atoms with E-state index in [2.05, 4.69) is 0 Å². The minimum atomic E-state index is -2.68. The molecule has 0 radical (unpaired) electrons. The Kier molecular flexibility index (Phi) is 6.51. The molecule has 0 fully saturated rings. The van der Waals surface area contributed by atoms with Gasteiger partial charge in [-0.15, -0.1) is 0 Å². The second-order valence-electron chi connectivity index (χ2n) is 10.5. The monoisotopic (exact) mass is 513 g/mol. The molecule has 4 atom stereocenters. The standard InChI is InChI=1S/C26H31N3O8/c1-28(2)10-13(30)7-11-5-6-16(31)18-14(11)8-12-9-15-20(29(3)4)22(33)19(25(27)36)24(35)26(15,37)23(34)17(12)21(18)32/h5-6,12,15,20,31,33-34,37H,7-10H2,1-4H3,(H2,27,36)/t12-,15-,20-,26-/m0/s1. The lowest BCUT2D eigenvalue weighted by Crippen LogP contribution is -2.63. The molecular formula is C26H31N3O8. The van der Waals surface area contributed by atoms with Crippen LogP contribution in [0, 0.1) is 11.8 Å². The summed E-state index contributed by atoms with van der Waals surface area (Å²) in [6, 6.07) is 1.83. The number of rotatable bonds is 6. The number of aliphatic hydroxyl groups is 3. The van der Waals surface area contributed by atoms with Crippen LogP contribution in [0.5, 0.6) is 5.75 Å². The summed E-state index contributed by atoms with van der Waals surface area (Å²) in [7, 11) is 6.66. The van der Waals surface area contributed by atoms with E-state index in [9.17, 15) is 39.6 Å². The minimum Gasteiger partial charge on any atom is -0.510 e. The highest BCUT2D eigenvalue weighted by molar-refractivity contribution is 6.24. The van der Waals surface area contributed by atoms with E-state index in [1.807, 2.05) is 0 Å². The van der Waals surface area contributed by atoms with Gasteiger partial charge in [-0.1, -0.05) is 6.07 Å². The first-order valence-electron chi connectivity index (χ1n) is 11.9. The lowest BCUT2D eigenvalue weighted by atomic mass is 9.58. The first-order chi connectivity index (χ1) is 17.2. The van der Waals surface area contributed by atoms with Crippen molar-refractivity contribution in [2.45, 2.75) is 30.9 Å². The van der Waals surface area contributed by atoms with Gasteiger partial charge in [-0.25, -0.2) is 0 Å². The van der Waals surface area contributed by atoms with Crippen molar-refractivity contribution in [1.82, 2.24) is 9.80 Å². The summed E-state index contributed by atoms with van der Waals surface area (Å²) < 4.78 is 0. The molecule has 1 amide bonds. The number of primary amides is 1. The first-order valence-corrected chi connectivity index (χ1v) is 11.9. The van der Waals surface area contributed by atoms with Crippen LogP contribution < -0.4 is 5.73 Å². The summed E-state index contributed by atoms with van der Waals surface area (Å²) in [5, 5.41) is 44.3. The summed E-state index contributed by atoms with van der Waals surface area (Å²) in [6.07, 6.45) is 0.170. The number of ketones is 3. The van der Waals surface area contributed by atoms with Crippen LogP contribution in [-0.4, -0.2) is 99.9 Å². The molecule has 0 spiro atoms. The number of phenols is 1. The molecule has 1 aromatic carbocycles. The number of aromatic hydroxyl groups is 1. The molecule has 0 aliphatic heterocycles. The topological polar surface area (TPSA) is 182 Å². The van der Waals surface area contributed by atoms with Crippen molar-refractivity contribution in [3.63, 3.8) is 0 Å². The number of fused-ring (bicyclic) bond motifs is 3. The SMILES string of the molecule is CN(C)CC(=O)Cc1ccc(O)c2c1C[C@H]1C[C@H]3[C@H](N(C)C)C(O)=C(C(N)=O)C(=O)[C@@]3(O)C(O)=C1C2=O. The summed E-state index contributed by atoms with van der Waals surface area (Å²) in [6.45, 7) is 0.189. The zero-order chi connectivity index (χ0) is 27.6. The Morgan fingerprint density at radius 2 is 1.76 bits per heavy atom. The summed E-state index contributed by atoms with van der Waals surface area (Å²) in [5.74, 6) is -7.10. The highest BCUT2D eigenvalue weighted by atomic mass is 16.3. The number of aliphatic hydroxyl groups excluding tert-OH is 2. The Hall–Kier alpha value is -3.54. The second kappa shape index (κ2) is 9.09. The maximum absolute atomic E-state index is 13.7. The van der Waals surface area contributed by atoms with Crippen molar-refractivity contribution in [2.24, 2.45) is 17.6 Å². The Labute approximate surface area is 213 Å². The molecule has 0 heterocycles. The molecule has 0 saturated carbocycles. The third-order valence-electron chi connectivity index (χ3n) is 7.58. The number of nitrogens with zero attached hydrogens (tertiary/aromatic N) is 2. The maximum atomic E-state index is 13.7. The largest absolute Gasteiger partial charge is 0.510 e. The average Bonchev–Trinajstić information content (AvgIpc) is 2.77. The number of carbonyl (C=O) groups excluding carboxylic acids is 4. The third kappa shape index (κ3) is 3.94.